The van der Waals surface area contributed by atoms with Crippen molar-refractivity contribution in [3.63, 3.8) is 0 Å². The first-order valence-electron chi connectivity index (χ1n) is 9.00. The molecule has 5 nitrogen and oxygen atoms in total. The fraction of sp³-hybridized carbons (Fsp3) is 0.333. The van der Waals surface area contributed by atoms with Crippen molar-refractivity contribution in [1.82, 2.24) is 4.90 Å². The molecule has 2 aromatic carbocycles. The van der Waals surface area contributed by atoms with Crippen molar-refractivity contribution < 1.29 is 21.7 Å². The van der Waals surface area contributed by atoms with Gasteiger partial charge in [0, 0.05) is 19.6 Å². The van der Waals surface area contributed by atoms with E-state index in [4.69, 9.17) is 8.92 Å². The van der Waals surface area contributed by atoms with Crippen LogP contribution in [0.2, 0.25) is 0 Å². The second-order valence-corrected chi connectivity index (χ2v) is 8.03. The van der Waals surface area contributed by atoms with Crippen LogP contribution in [-0.4, -0.2) is 39.3 Å². The van der Waals surface area contributed by atoms with E-state index < -0.39 is 22.0 Å². The predicted molar refractivity (Wildman–Crippen MR) is 108 cm³/mol. The molecule has 2 aromatic rings. The highest BCUT2D eigenvalue weighted by molar-refractivity contribution is 7.86. The lowest BCUT2D eigenvalue weighted by atomic mass is 10.1. The van der Waals surface area contributed by atoms with Crippen LogP contribution in [0.15, 0.2) is 67.4 Å². The molecular weight excluding hydrogens is 381 g/mol. The summed E-state index contributed by atoms with van der Waals surface area (Å²) in [7, 11) is -3.69. The van der Waals surface area contributed by atoms with Gasteiger partial charge in [0.2, 0.25) is 0 Å². The SMILES string of the molecule is C=COCCN(CC[C@H](OS(C)(=O)=O)c1cccc(F)c1)Cc1ccccc1. The molecule has 0 heterocycles. The van der Waals surface area contributed by atoms with Crippen molar-refractivity contribution >= 4 is 10.1 Å². The molecule has 1 atom stereocenters. The Morgan fingerprint density at radius 1 is 1.14 bits per heavy atom. The standard InChI is InChI=1S/C21H26FNO4S/c1-3-26-15-14-23(17-18-8-5-4-6-9-18)13-12-21(27-28(2,24)25)19-10-7-11-20(22)16-19/h3-11,16,21H,1,12-15,17H2,2H3/t21-/m0/s1. The van der Waals surface area contributed by atoms with Crippen LogP contribution in [0.25, 0.3) is 0 Å². The van der Waals surface area contributed by atoms with Crippen molar-refractivity contribution in [2.24, 2.45) is 0 Å². The summed E-state index contributed by atoms with van der Waals surface area (Å²) in [5.41, 5.74) is 1.62. The Morgan fingerprint density at radius 3 is 2.54 bits per heavy atom. The van der Waals surface area contributed by atoms with Gasteiger partial charge in [0.15, 0.2) is 0 Å². The van der Waals surface area contributed by atoms with Crippen molar-refractivity contribution in [1.29, 1.82) is 0 Å². The lowest BCUT2D eigenvalue weighted by Gasteiger charge is -2.25. The molecule has 0 aliphatic carbocycles. The minimum absolute atomic E-state index is 0.386. The van der Waals surface area contributed by atoms with Gasteiger partial charge in [0.05, 0.1) is 19.1 Å². The third-order valence-corrected chi connectivity index (χ3v) is 4.69. The summed E-state index contributed by atoms with van der Waals surface area (Å²) in [5.74, 6) is -0.430. The molecule has 28 heavy (non-hydrogen) atoms. The van der Waals surface area contributed by atoms with Crippen LogP contribution in [0.4, 0.5) is 4.39 Å². The highest BCUT2D eigenvalue weighted by Crippen LogP contribution is 2.24. The molecule has 152 valence electrons. The Kier molecular flexibility index (Phi) is 8.63. The van der Waals surface area contributed by atoms with Gasteiger partial charge >= 0.3 is 0 Å². The molecule has 0 bridgehead atoms. The number of nitrogens with zero attached hydrogens (tertiary/aromatic N) is 1. The van der Waals surface area contributed by atoms with Crippen molar-refractivity contribution in [2.45, 2.75) is 19.1 Å². The van der Waals surface area contributed by atoms with Crippen molar-refractivity contribution in [2.75, 3.05) is 26.0 Å². The summed E-state index contributed by atoms with van der Waals surface area (Å²) < 4.78 is 47.5. The summed E-state index contributed by atoms with van der Waals surface area (Å²) in [6, 6.07) is 15.8. The largest absolute Gasteiger partial charge is 0.500 e. The summed E-state index contributed by atoms with van der Waals surface area (Å²) >= 11 is 0. The Hall–Kier alpha value is -2.22. The maximum absolute atomic E-state index is 13.6. The Labute approximate surface area is 166 Å². The Morgan fingerprint density at radius 2 is 1.89 bits per heavy atom. The van der Waals surface area contributed by atoms with Crippen LogP contribution in [0.3, 0.4) is 0 Å². The van der Waals surface area contributed by atoms with E-state index in [1.807, 2.05) is 30.3 Å². The molecule has 0 radical (unpaired) electrons. The Balaban J connectivity index is 2.11. The molecule has 0 N–H and O–H groups in total. The van der Waals surface area contributed by atoms with Crippen LogP contribution in [0, 0.1) is 5.82 Å². The van der Waals surface area contributed by atoms with Gasteiger partial charge in [0.1, 0.15) is 11.9 Å². The maximum Gasteiger partial charge on any atom is 0.264 e. The van der Waals surface area contributed by atoms with Gasteiger partial charge in [-0.1, -0.05) is 49.0 Å². The molecule has 0 aromatic heterocycles. The summed E-state index contributed by atoms with van der Waals surface area (Å²) in [4.78, 5) is 2.14. The molecule has 0 aliphatic heterocycles. The zero-order valence-corrected chi connectivity index (χ0v) is 16.8. The number of hydrogen-bond donors (Lipinski definition) is 0. The number of ether oxygens (including phenoxy) is 1. The topological polar surface area (TPSA) is 55.8 Å². The van der Waals surface area contributed by atoms with E-state index in [0.717, 1.165) is 11.8 Å². The van der Waals surface area contributed by atoms with Gasteiger partial charge in [0.25, 0.3) is 10.1 Å². The average Bonchev–Trinajstić information content (AvgIpc) is 2.65. The van der Waals surface area contributed by atoms with E-state index in [-0.39, 0.29) is 0 Å². The highest BCUT2D eigenvalue weighted by atomic mass is 32.2. The quantitative estimate of drug-likeness (QED) is 0.303. The molecular formula is C21H26FNO4S. The predicted octanol–water partition coefficient (Wildman–Crippen LogP) is 3.90. The van der Waals surface area contributed by atoms with E-state index in [1.165, 1.54) is 18.4 Å². The number of halogens is 1. The molecule has 0 fully saturated rings. The second kappa shape index (κ2) is 10.9. The smallest absolute Gasteiger partial charge is 0.264 e. The average molecular weight is 408 g/mol. The maximum atomic E-state index is 13.6. The van der Waals surface area contributed by atoms with Gasteiger partial charge in [-0.05, 0) is 29.7 Å². The van der Waals surface area contributed by atoms with E-state index >= 15 is 0 Å². The van der Waals surface area contributed by atoms with Gasteiger partial charge in [-0.2, -0.15) is 8.42 Å². The number of rotatable bonds is 12. The van der Waals surface area contributed by atoms with Crippen LogP contribution >= 0.6 is 0 Å². The summed E-state index contributed by atoms with van der Waals surface area (Å²) in [6.07, 6.45) is 2.02. The van der Waals surface area contributed by atoms with E-state index in [2.05, 4.69) is 11.5 Å². The normalized spacial score (nSPS) is 12.7. The van der Waals surface area contributed by atoms with Crippen LogP contribution in [0.1, 0.15) is 23.7 Å². The molecule has 0 amide bonds. The monoisotopic (exact) mass is 407 g/mol. The molecule has 0 saturated carbocycles. The van der Waals surface area contributed by atoms with Gasteiger partial charge in [-0.15, -0.1) is 0 Å². The lowest BCUT2D eigenvalue weighted by Crippen LogP contribution is -2.29. The minimum Gasteiger partial charge on any atom is -0.500 e. The molecule has 2 rings (SSSR count). The zero-order valence-electron chi connectivity index (χ0n) is 16.0. The first kappa shape index (κ1) is 22.1. The number of benzene rings is 2. The van der Waals surface area contributed by atoms with Gasteiger partial charge in [-0.3, -0.25) is 9.08 Å². The van der Waals surface area contributed by atoms with Crippen LogP contribution in [-0.2, 0) is 25.6 Å². The summed E-state index contributed by atoms with van der Waals surface area (Å²) in [5, 5.41) is 0. The first-order chi connectivity index (χ1) is 13.4. The molecule has 0 saturated heterocycles. The number of hydrogen-bond acceptors (Lipinski definition) is 5. The lowest BCUT2D eigenvalue weighted by molar-refractivity contribution is 0.141. The minimum atomic E-state index is -3.69. The van der Waals surface area contributed by atoms with Crippen LogP contribution in [0.5, 0.6) is 0 Å². The highest BCUT2D eigenvalue weighted by Gasteiger charge is 2.20. The third-order valence-electron chi connectivity index (χ3n) is 4.11. The second-order valence-electron chi connectivity index (χ2n) is 6.43. The van der Waals surface area contributed by atoms with E-state index in [9.17, 15) is 12.8 Å². The van der Waals surface area contributed by atoms with E-state index in [1.54, 1.807) is 12.1 Å². The molecule has 0 spiro atoms. The van der Waals surface area contributed by atoms with Gasteiger partial charge < -0.3 is 4.74 Å². The first-order valence-corrected chi connectivity index (χ1v) is 10.8. The third kappa shape index (κ3) is 8.21. The molecule has 7 heteroatoms. The van der Waals surface area contributed by atoms with E-state index in [0.29, 0.717) is 38.2 Å². The zero-order chi connectivity index (χ0) is 20.4. The van der Waals surface area contributed by atoms with Gasteiger partial charge in [-0.25, -0.2) is 4.39 Å². The fourth-order valence-electron chi connectivity index (χ4n) is 2.86. The molecule has 0 aliphatic rings. The Bertz CT molecular complexity index is 842. The van der Waals surface area contributed by atoms with Crippen molar-refractivity contribution in [3.8, 4) is 0 Å². The fourth-order valence-corrected chi connectivity index (χ4v) is 3.49. The van der Waals surface area contributed by atoms with Crippen LogP contribution < -0.4 is 0 Å². The molecule has 0 unspecified atom stereocenters. The summed E-state index contributed by atoms with van der Waals surface area (Å²) in [6.45, 7) is 5.87. The van der Waals surface area contributed by atoms with Crippen molar-refractivity contribution in [3.05, 3.63) is 84.4 Å².